The molecule has 0 spiro atoms. The van der Waals surface area contributed by atoms with Crippen molar-refractivity contribution in [3.8, 4) is 0 Å². The lowest BCUT2D eigenvalue weighted by atomic mass is 10.1. The Bertz CT molecular complexity index is 455. The number of hydrogen-bond acceptors (Lipinski definition) is 3. The predicted molar refractivity (Wildman–Crippen MR) is 52.4 cm³/mol. The molecule has 0 unspecified atom stereocenters. The lowest BCUT2D eigenvalue weighted by molar-refractivity contribution is -0.117. The molecule has 2 aliphatic rings. The highest BCUT2D eigenvalue weighted by molar-refractivity contribution is 6.06. The van der Waals surface area contributed by atoms with E-state index >= 15 is 0 Å². The van der Waals surface area contributed by atoms with Crippen LogP contribution < -0.4 is 4.90 Å². The summed E-state index contributed by atoms with van der Waals surface area (Å²) in [5.41, 5.74) is 1.16. The molecule has 0 bridgehead atoms. The number of rotatable bonds is 0. The van der Waals surface area contributed by atoms with Gasteiger partial charge < -0.3 is 4.74 Å². The van der Waals surface area contributed by atoms with Crippen molar-refractivity contribution < 1.29 is 14.3 Å². The maximum absolute atomic E-state index is 11.6. The van der Waals surface area contributed by atoms with Crippen LogP contribution in [0.15, 0.2) is 24.3 Å². The molecule has 0 saturated carbocycles. The van der Waals surface area contributed by atoms with Gasteiger partial charge in [0.1, 0.15) is 0 Å². The van der Waals surface area contributed by atoms with Gasteiger partial charge in [0.25, 0.3) is 0 Å². The van der Waals surface area contributed by atoms with Crippen molar-refractivity contribution in [2.75, 3.05) is 4.90 Å². The Labute approximate surface area is 86.4 Å². The lowest BCUT2D eigenvalue weighted by Gasteiger charge is -2.30. The average molecular weight is 203 g/mol. The Morgan fingerprint density at radius 1 is 1.27 bits per heavy atom. The molecule has 15 heavy (non-hydrogen) atoms. The van der Waals surface area contributed by atoms with E-state index < -0.39 is 0 Å². The number of amides is 1. The van der Waals surface area contributed by atoms with Crippen molar-refractivity contribution in [1.82, 2.24) is 0 Å². The summed E-state index contributed by atoms with van der Waals surface area (Å²) in [4.78, 5) is 24.8. The number of nitrogens with zero attached hydrogens (tertiary/aromatic N) is 1. The quantitative estimate of drug-likeness (QED) is 0.597. The van der Waals surface area contributed by atoms with Crippen LogP contribution >= 0.6 is 0 Å². The zero-order valence-corrected chi connectivity index (χ0v) is 7.97. The number of benzene rings is 1. The fourth-order valence-electron chi connectivity index (χ4n) is 2.10. The van der Waals surface area contributed by atoms with Gasteiger partial charge >= 0.3 is 5.97 Å². The maximum atomic E-state index is 11.6. The van der Waals surface area contributed by atoms with Crippen LogP contribution in [0.5, 0.6) is 0 Å². The van der Waals surface area contributed by atoms with Crippen molar-refractivity contribution in [2.45, 2.75) is 19.1 Å². The second-order valence-corrected chi connectivity index (χ2v) is 3.68. The Balaban J connectivity index is 2.18. The van der Waals surface area contributed by atoms with Gasteiger partial charge in [0, 0.05) is 12.8 Å². The average Bonchev–Trinajstić information content (AvgIpc) is 2.61. The minimum atomic E-state index is -0.389. The van der Waals surface area contributed by atoms with E-state index in [2.05, 4.69) is 0 Å². The molecule has 4 heteroatoms. The van der Waals surface area contributed by atoms with E-state index in [0.717, 1.165) is 0 Å². The number of ether oxygens (including phenoxy) is 1. The number of carbonyl (C=O) groups excluding carboxylic acids is 2. The van der Waals surface area contributed by atoms with Gasteiger partial charge in [0.15, 0.2) is 6.23 Å². The third kappa shape index (κ3) is 1.08. The first-order valence-electron chi connectivity index (χ1n) is 4.89. The van der Waals surface area contributed by atoms with E-state index in [9.17, 15) is 9.59 Å². The standard InChI is InChI=1S/C11H9NO3/c13-9-5-6-10-12(9)8-4-2-1-3-7(8)11(14)15-10/h1-4,10H,5-6H2/t10-/m1/s1. The third-order valence-electron chi connectivity index (χ3n) is 2.79. The zero-order chi connectivity index (χ0) is 10.4. The van der Waals surface area contributed by atoms with Crippen molar-refractivity contribution in [3.05, 3.63) is 29.8 Å². The van der Waals surface area contributed by atoms with Crippen LogP contribution in [-0.4, -0.2) is 18.1 Å². The van der Waals surface area contributed by atoms with E-state index in [1.807, 2.05) is 6.07 Å². The highest BCUT2D eigenvalue weighted by Crippen LogP contribution is 2.34. The van der Waals surface area contributed by atoms with Crippen LogP contribution in [0, 0.1) is 0 Å². The molecule has 1 aromatic rings. The van der Waals surface area contributed by atoms with Crippen molar-refractivity contribution >= 4 is 17.6 Å². The fourth-order valence-corrected chi connectivity index (χ4v) is 2.10. The van der Waals surface area contributed by atoms with E-state index in [4.69, 9.17) is 4.74 Å². The van der Waals surface area contributed by atoms with Gasteiger partial charge in [0.2, 0.25) is 5.91 Å². The smallest absolute Gasteiger partial charge is 0.342 e. The Kier molecular flexibility index (Phi) is 1.59. The molecule has 0 N–H and O–H groups in total. The second kappa shape index (κ2) is 2.82. The first kappa shape index (κ1) is 8.47. The summed E-state index contributed by atoms with van der Waals surface area (Å²) in [6.45, 7) is 0. The van der Waals surface area contributed by atoms with Gasteiger partial charge in [-0.2, -0.15) is 0 Å². The number of para-hydroxylation sites is 1. The minimum Gasteiger partial charge on any atom is -0.437 e. The summed E-state index contributed by atoms with van der Waals surface area (Å²) in [6.07, 6.45) is 0.658. The van der Waals surface area contributed by atoms with Crippen molar-refractivity contribution in [2.24, 2.45) is 0 Å². The van der Waals surface area contributed by atoms with E-state index in [0.29, 0.717) is 24.1 Å². The fraction of sp³-hybridized carbons (Fsp3) is 0.273. The highest BCUT2D eigenvalue weighted by atomic mass is 16.6. The monoisotopic (exact) mass is 203 g/mol. The first-order chi connectivity index (χ1) is 7.27. The van der Waals surface area contributed by atoms with E-state index in [1.165, 1.54) is 0 Å². The van der Waals surface area contributed by atoms with Gasteiger partial charge in [0.05, 0.1) is 11.3 Å². The lowest BCUT2D eigenvalue weighted by Crippen LogP contribution is -2.41. The minimum absolute atomic E-state index is 0.0277. The Morgan fingerprint density at radius 3 is 2.93 bits per heavy atom. The van der Waals surface area contributed by atoms with Gasteiger partial charge in [-0.15, -0.1) is 0 Å². The molecular formula is C11H9NO3. The van der Waals surface area contributed by atoms with Gasteiger partial charge in [-0.25, -0.2) is 4.79 Å². The molecule has 1 atom stereocenters. The molecular weight excluding hydrogens is 194 g/mol. The van der Waals surface area contributed by atoms with Crippen LogP contribution in [0.2, 0.25) is 0 Å². The molecule has 1 aromatic carbocycles. The summed E-state index contributed by atoms with van der Waals surface area (Å²) >= 11 is 0. The SMILES string of the molecule is O=C1O[C@@H]2CCC(=O)N2c2ccccc21. The molecule has 1 saturated heterocycles. The summed E-state index contributed by atoms with van der Waals surface area (Å²) in [5, 5.41) is 0. The van der Waals surface area contributed by atoms with Crippen molar-refractivity contribution in [1.29, 1.82) is 0 Å². The molecule has 1 amide bonds. The van der Waals surface area contributed by atoms with Crippen LogP contribution in [0.25, 0.3) is 0 Å². The van der Waals surface area contributed by atoms with Crippen LogP contribution in [0.4, 0.5) is 5.69 Å². The Morgan fingerprint density at radius 2 is 2.07 bits per heavy atom. The first-order valence-corrected chi connectivity index (χ1v) is 4.89. The van der Waals surface area contributed by atoms with Crippen LogP contribution in [0.1, 0.15) is 23.2 Å². The molecule has 3 rings (SSSR count). The number of anilines is 1. The summed E-state index contributed by atoms with van der Waals surface area (Å²) in [7, 11) is 0. The zero-order valence-electron chi connectivity index (χ0n) is 7.97. The highest BCUT2D eigenvalue weighted by Gasteiger charge is 2.40. The van der Waals surface area contributed by atoms with Gasteiger partial charge in [-0.1, -0.05) is 12.1 Å². The largest absolute Gasteiger partial charge is 0.437 e. The molecule has 1 fully saturated rings. The molecule has 2 heterocycles. The molecule has 0 radical (unpaired) electrons. The van der Waals surface area contributed by atoms with Crippen LogP contribution in [-0.2, 0) is 9.53 Å². The van der Waals surface area contributed by atoms with Crippen LogP contribution in [0.3, 0.4) is 0 Å². The summed E-state index contributed by atoms with van der Waals surface area (Å²) in [5.74, 6) is -0.304. The van der Waals surface area contributed by atoms with Gasteiger partial charge in [-0.3, -0.25) is 9.69 Å². The van der Waals surface area contributed by atoms with Gasteiger partial charge in [-0.05, 0) is 12.1 Å². The normalized spacial score (nSPS) is 23.5. The topological polar surface area (TPSA) is 46.6 Å². The number of esters is 1. The second-order valence-electron chi connectivity index (χ2n) is 3.68. The summed E-state index contributed by atoms with van der Waals surface area (Å²) < 4.78 is 5.17. The number of carbonyl (C=O) groups is 2. The molecule has 2 aliphatic heterocycles. The molecule has 4 nitrogen and oxygen atoms in total. The maximum Gasteiger partial charge on any atom is 0.342 e. The molecule has 0 aromatic heterocycles. The van der Waals surface area contributed by atoms with E-state index in [-0.39, 0.29) is 18.1 Å². The Hall–Kier alpha value is -1.84. The number of hydrogen-bond donors (Lipinski definition) is 0. The molecule has 76 valence electrons. The van der Waals surface area contributed by atoms with E-state index in [1.54, 1.807) is 23.1 Å². The number of fused-ring (bicyclic) bond motifs is 3. The predicted octanol–water partition coefficient (Wildman–Crippen LogP) is 1.31. The molecule has 0 aliphatic carbocycles. The summed E-state index contributed by atoms with van der Waals surface area (Å²) in [6, 6.07) is 7.05. The third-order valence-corrected chi connectivity index (χ3v) is 2.79. The van der Waals surface area contributed by atoms with Crippen molar-refractivity contribution in [3.63, 3.8) is 0 Å².